The molecule has 3 N–H and O–H groups in total. The van der Waals surface area contributed by atoms with Crippen molar-refractivity contribution in [2.75, 3.05) is 25.1 Å². The highest BCUT2D eigenvalue weighted by Crippen LogP contribution is 2.37. The topological polar surface area (TPSA) is 73.6 Å². The van der Waals surface area contributed by atoms with E-state index in [0.29, 0.717) is 53.6 Å². The minimum absolute atomic E-state index is 0.249. The Labute approximate surface area is 137 Å². The van der Waals surface area contributed by atoms with Gasteiger partial charge in [-0.15, -0.1) is 0 Å². The van der Waals surface area contributed by atoms with Gasteiger partial charge < -0.3 is 20.5 Å². The molecule has 0 aromatic heterocycles. The number of hydrogen-bond donors (Lipinski definition) is 2. The van der Waals surface area contributed by atoms with E-state index in [1.54, 1.807) is 12.1 Å². The Bertz CT molecular complexity index is 533. The molecule has 0 saturated carbocycles. The van der Waals surface area contributed by atoms with E-state index in [1.807, 2.05) is 6.92 Å². The first kappa shape index (κ1) is 16.5. The number of nitrogens with two attached hydrogens (primary N) is 1. The summed E-state index contributed by atoms with van der Waals surface area (Å²) in [7, 11) is 0. The van der Waals surface area contributed by atoms with Crippen LogP contribution in [0.25, 0.3) is 0 Å². The second-order valence-electron chi connectivity index (χ2n) is 4.92. The van der Waals surface area contributed by atoms with Gasteiger partial charge in [0.15, 0.2) is 5.75 Å². The summed E-state index contributed by atoms with van der Waals surface area (Å²) < 4.78 is 11.5. The number of benzene rings is 1. The highest BCUT2D eigenvalue weighted by Gasteiger charge is 2.36. The van der Waals surface area contributed by atoms with Crippen LogP contribution in [0.2, 0.25) is 5.02 Å². The fourth-order valence-corrected chi connectivity index (χ4v) is 3.08. The Hall–Kier alpha value is -0.820. The molecule has 1 aliphatic heterocycles. The molecule has 2 rings (SSSR count). The molecule has 1 heterocycles. The van der Waals surface area contributed by atoms with Crippen molar-refractivity contribution >= 4 is 39.1 Å². The third kappa shape index (κ3) is 3.88. The number of anilines is 1. The molecule has 0 spiro atoms. The van der Waals surface area contributed by atoms with Crippen LogP contribution < -0.4 is 15.8 Å². The average Bonchev–Trinajstić information content (AvgIpc) is 2.43. The molecule has 0 bridgehead atoms. The van der Waals surface area contributed by atoms with Gasteiger partial charge in [-0.05, 0) is 47.8 Å². The molecule has 1 fully saturated rings. The van der Waals surface area contributed by atoms with Crippen LogP contribution in [0, 0.1) is 0 Å². The molecule has 0 aliphatic carbocycles. The number of hydrogen-bond acceptors (Lipinski definition) is 4. The summed E-state index contributed by atoms with van der Waals surface area (Å²) in [6, 6.07) is 3.37. The maximum absolute atomic E-state index is 12.5. The van der Waals surface area contributed by atoms with Crippen molar-refractivity contribution in [3.8, 4) is 5.75 Å². The summed E-state index contributed by atoms with van der Waals surface area (Å²) in [5, 5.41) is 3.33. The summed E-state index contributed by atoms with van der Waals surface area (Å²) in [6.07, 6.45) is 0.981. The first-order valence-electron chi connectivity index (χ1n) is 6.76. The van der Waals surface area contributed by atoms with Gasteiger partial charge in [0.05, 0.1) is 16.8 Å². The lowest BCUT2D eigenvalue weighted by atomic mass is 9.90. The normalized spacial score (nSPS) is 17.3. The second-order valence-corrected chi connectivity index (χ2v) is 6.21. The van der Waals surface area contributed by atoms with Crippen LogP contribution in [0.15, 0.2) is 16.6 Å². The van der Waals surface area contributed by atoms with E-state index in [0.717, 1.165) is 0 Å². The molecule has 1 aromatic rings. The predicted molar refractivity (Wildman–Crippen MR) is 85.9 cm³/mol. The fourth-order valence-electron chi connectivity index (χ4n) is 2.15. The van der Waals surface area contributed by atoms with E-state index in [9.17, 15) is 4.79 Å². The summed E-state index contributed by atoms with van der Waals surface area (Å²) in [4.78, 5) is 12.5. The molecule has 1 aromatic carbocycles. The molecule has 116 valence electrons. The molecule has 1 saturated heterocycles. The Morgan fingerprint density at radius 3 is 2.81 bits per heavy atom. The zero-order valence-electron chi connectivity index (χ0n) is 11.7. The first-order chi connectivity index (χ1) is 9.96. The van der Waals surface area contributed by atoms with Crippen molar-refractivity contribution in [2.45, 2.75) is 25.3 Å². The Morgan fingerprint density at radius 2 is 2.19 bits per heavy atom. The van der Waals surface area contributed by atoms with E-state index in [4.69, 9.17) is 26.8 Å². The van der Waals surface area contributed by atoms with Gasteiger partial charge in [-0.25, -0.2) is 0 Å². The zero-order chi connectivity index (χ0) is 15.5. The van der Waals surface area contributed by atoms with Gasteiger partial charge in [0.1, 0.15) is 5.54 Å². The van der Waals surface area contributed by atoms with Gasteiger partial charge >= 0.3 is 0 Å². The highest BCUT2D eigenvalue weighted by atomic mass is 79.9. The Kier molecular flexibility index (Phi) is 5.48. The molecule has 0 unspecified atom stereocenters. The molecule has 21 heavy (non-hydrogen) atoms. The molecule has 5 nitrogen and oxygen atoms in total. The lowest BCUT2D eigenvalue weighted by Crippen LogP contribution is -2.54. The molecule has 0 radical (unpaired) electrons. The standard InChI is InChI=1S/C14H18BrClN2O3/c1-2-21-12-10(15)7-9(16)8-11(12)18-13(19)14(17)3-5-20-6-4-14/h7-8H,2-6,17H2,1H3,(H,18,19). The van der Waals surface area contributed by atoms with Gasteiger partial charge in [0, 0.05) is 18.2 Å². The highest BCUT2D eigenvalue weighted by molar-refractivity contribution is 9.10. The van der Waals surface area contributed by atoms with Gasteiger partial charge in [0.2, 0.25) is 5.91 Å². The summed E-state index contributed by atoms with van der Waals surface area (Å²) in [5.41, 5.74) is 5.76. The van der Waals surface area contributed by atoms with E-state index >= 15 is 0 Å². The number of amides is 1. The predicted octanol–water partition coefficient (Wildman–Crippen LogP) is 2.95. The molecule has 1 aliphatic rings. The number of carbonyl (C=O) groups excluding carboxylic acids is 1. The number of rotatable bonds is 4. The average molecular weight is 378 g/mol. The van der Waals surface area contributed by atoms with Crippen LogP contribution >= 0.6 is 27.5 Å². The van der Waals surface area contributed by atoms with Crippen molar-refractivity contribution in [3.63, 3.8) is 0 Å². The molecular formula is C14H18BrClN2O3. The number of ether oxygens (including phenoxy) is 2. The van der Waals surface area contributed by atoms with Crippen LogP contribution in [0.4, 0.5) is 5.69 Å². The van der Waals surface area contributed by atoms with Gasteiger partial charge in [0.25, 0.3) is 0 Å². The lowest BCUT2D eigenvalue weighted by Gasteiger charge is -2.32. The van der Waals surface area contributed by atoms with Crippen molar-refractivity contribution in [1.82, 2.24) is 0 Å². The van der Waals surface area contributed by atoms with Crippen molar-refractivity contribution < 1.29 is 14.3 Å². The third-order valence-electron chi connectivity index (χ3n) is 3.38. The minimum atomic E-state index is -0.920. The van der Waals surface area contributed by atoms with Crippen LogP contribution in [0.3, 0.4) is 0 Å². The molecule has 0 atom stereocenters. The third-order valence-corrected chi connectivity index (χ3v) is 4.19. The van der Waals surface area contributed by atoms with Crippen LogP contribution in [0.1, 0.15) is 19.8 Å². The fraction of sp³-hybridized carbons (Fsp3) is 0.500. The molecular weight excluding hydrogens is 360 g/mol. The van der Waals surface area contributed by atoms with E-state index in [1.165, 1.54) is 0 Å². The maximum atomic E-state index is 12.5. The summed E-state index contributed by atoms with van der Waals surface area (Å²) in [5.74, 6) is 0.298. The largest absolute Gasteiger partial charge is 0.491 e. The number of halogens is 2. The van der Waals surface area contributed by atoms with Crippen LogP contribution in [0.5, 0.6) is 5.75 Å². The Morgan fingerprint density at radius 1 is 1.52 bits per heavy atom. The van der Waals surface area contributed by atoms with Crippen LogP contribution in [-0.4, -0.2) is 31.3 Å². The van der Waals surface area contributed by atoms with Crippen molar-refractivity contribution in [3.05, 3.63) is 21.6 Å². The quantitative estimate of drug-likeness (QED) is 0.846. The number of carbonyl (C=O) groups is 1. The van der Waals surface area contributed by atoms with Crippen LogP contribution in [-0.2, 0) is 9.53 Å². The van der Waals surface area contributed by atoms with E-state index in [2.05, 4.69) is 21.2 Å². The lowest BCUT2D eigenvalue weighted by molar-refractivity contribution is -0.124. The van der Waals surface area contributed by atoms with Gasteiger partial charge in [-0.2, -0.15) is 0 Å². The maximum Gasteiger partial charge on any atom is 0.244 e. The summed E-state index contributed by atoms with van der Waals surface area (Å²) in [6.45, 7) is 3.32. The smallest absolute Gasteiger partial charge is 0.244 e. The molecule has 7 heteroatoms. The van der Waals surface area contributed by atoms with Gasteiger partial charge in [-0.1, -0.05) is 11.6 Å². The second kappa shape index (κ2) is 6.96. The summed E-state index contributed by atoms with van der Waals surface area (Å²) >= 11 is 9.42. The Balaban J connectivity index is 2.23. The van der Waals surface area contributed by atoms with E-state index < -0.39 is 5.54 Å². The first-order valence-corrected chi connectivity index (χ1v) is 7.93. The van der Waals surface area contributed by atoms with Crippen molar-refractivity contribution in [2.24, 2.45) is 5.73 Å². The van der Waals surface area contributed by atoms with Gasteiger partial charge in [-0.3, -0.25) is 4.79 Å². The minimum Gasteiger partial charge on any atom is -0.491 e. The zero-order valence-corrected chi connectivity index (χ0v) is 14.1. The van der Waals surface area contributed by atoms with Crippen molar-refractivity contribution in [1.29, 1.82) is 0 Å². The SMILES string of the molecule is CCOc1c(Br)cc(Cl)cc1NC(=O)C1(N)CCOCC1. The van der Waals surface area contributed by atoms with E-state index in [-0.39, 0.29) is 5.91 Å². The monoisotopic (exact) mass is 376 g/mol. The molecule has 1 amide bonds. The number of nitrogens with one attached hydrogen (secondary N) is 1.